The monoisotopic (exact) mass is 365 g/mol. The molecule has 136 valence electrons. The summed E-state index contributed by atoms with van der Waals surface area (Å²) in [7, 11) is 1.54. The molecule has 1 saturated heterocycles. The summed E-state index contributed by atoms with van der Waals surface area (Å²) in [6.45, 7) is 4.14. The first-order chi connectivity index (χ1) is 12.2. The first kappa shape index (κ1) is 18.3. The summed E-state index contributed by atoms with van der Waals surface area (Å²) >= 11 is 1.66. The summed E-state index contributed by atoms with van der Waals surface area (Å²) in [4.78, 5) is 8.97. The number of rotatable bonds is 7. The maximum Gasteiger partial charge on any atom is 0.131 e. The average Bonchev–Trinajstić information content (AvgIpc) is 3.12. The van der Waals surface area contributed by atoms with E-state index in [0.717, 1.165) is 31.2 Å². The first-order valence-corrected chi connectivity index (χ1v) is 9.35. The normalized spacial score (nSPS) is 19.2. The maximum atomic E-state index is 14.3. The number of methoxy groups -OCH3 is 1. The van der Waals surface area contributed by atoms with Gasteiger partial charge in [0.2, 0.25) is 0 Å². The molecule has 1 aromatic carbocycles. The quantitative estimate of drug-likeness (QED) is 0.816. The third kappa shape index (κ3) is 4.76. The molecular weight excluding hydrogens is 341 g/mol. The van der Waals surface area contributed by atoms with E-state index in [4.69, 9.17) is 4.74 Å². The molecule has 0 unspecified atom stereocenters. The van der Waals surface area contributed by atoms with E-state index in [-0.39, 0.29) is 18.5 Å². The van der Waals surface area contributed by atoms with Crippen molar-refractivity contribution in [1.82, 2.24) is 14.8 Å². The molecule has 0 radical (unpaired) electrons. The van der Waals surface area contributed by atoms with Crippen LogP contribution in [-0.2, 0) is 13.1 Å². The van der Waals surface area contributed by atoms with Crippen molar-refractivity contribution in [3.8, 4) is 5.75 Å². The summed E-state index contributed by atoms with van der Waals surface area (Å²) in [6, 6.07) is 5.21. The van der Waals surface area contributed by atoms with Crippen LogP contribution in [-0.4, -0.2) is 59.3 Å². The van der Waals surface area contributed by atoms with Crippen LogP contribution < -0.4 is 4.74 Å². The first-order valence-electron chi connectivity index (χ1n) is 8.47. The molecular formula is C18H24FN3O2S. The van der Waals surface area contributed by atoms with E-state index in [1.54, 1.807) is 23.5 Å². The molecule has 1 N–H and O–H groups in total. The zero-order valence-electron chi connectivity index (χ0n) is 14.4. The SMILES string of the molecule is COc1ccc(CN2CCN(Cc3nccs3)C[C@H]2CCO)c(F)c1. The van der Waals surface area contributed by atoms with Crippen LogP contribution in [0.3, 0.4) is 0 Å². The van der Waals surface area contributed by atoms with Crippen LogP contribution in [0.4, 0.5) is 4.39 Å². The van der Waals surface area contributed by atoms with Gasteiger partial charge in [-0.2, -0.15) is 0 Å². The molecule has 0 amide bonds. The van der Waals surface area contributed by atoms with Gasteiger partial charge in [0.25, 0.3) is 0 Å². The highest BCUT2D eigenvalue weighted by Crippen LogP contribution is 2.22. The Morgan fingerprint density at radius 2 is 2.24 bits per heavy atom. The molecule has 1 aliphatic rings. The summed E-state index contributed by atoms with van der Waals surface area (Å²) < 4.78 is 19.3. The average molecular weight is 365 g/mol. The topological polar surface area (TPSA) is 48.8 Å². The Bertz CT molecular complexity index is 668. The van der Waals surface area contributed by atoms with Crippen LogP contribution in [0.15, 0.2) is 29.8 Å². The Kier molecular flexibility index (Phi) is 6.36. The zero-order valence-corrected chi connectivity index (χ0v) is 15.2. The predicted octanol–water partition coefficient (Wildman–Crippen LogP) is 2.36. The third-order valence-corrected chi connectivity index (χ3v) is 5.39. The Balaban J connectivity index is 1.64. The second kappa shape index (κ2) is 8.71. The number of benzene rings is 1. The highest BCUT2D eigenvalue weighted by molar-refractivity contribution is 7.09. The number of halogens is 1. The fraction of sp³-hybridized carbons (Fsp3) is 0.500. The molecule has 25 heavy (non-hydrogen) atoms. The van der Waals surface area contributed by atoms with Crippen LogP contribution in [0.2, 0.25) is 0 Å². The Morgan fingerprint density at radius 3 is 2.92 bits per heavy atom. The summed E-state index contributed by atoms with van der Waals surface area (Å²) in [6.07, 6.45) is 2.51. The van der Waals surface area contributed by atoms with Gasteiger partial charge < -0.3 is 9.84 Å². The Hall–Kier alpha value is -1.54. The van der Waals surface area contributed by atoms with Crippen molar-refractivity contribution in [2.45, 2.75) is 25.6 Å². The number of aromatic nitrogens is 1. The number of aliphatic hydroxyl groups excluding tert-OH is 1. The molecule has 0 spiro atoms. The van der Waals surface area contributed by atoms with E-state index in [1.807, 2.05) is 11.6 Å². The van der Waals surface area contributed by atoms with Gasteiger partial charge >= 0.3 is 0 Å². The number of piperazine rings is 1. The molecule has 3 rings (SSSR count). The maximum absolute atomic E-state index is 14.3. The molecule has 5 nitrogen and oxygen atoms in total. The van der Waals surface area contributed by atoms with Gasteiger partial charge in [0.15, 0.2) is 0 Å². The van der Waals surface area contributed by atoms with Gasteiger partial charge in [-0.15, -0.1) is 11.3 Å². The zero-order chi connectivity index (χ0) is 17.6. The van der Waals surface area contributed by atoms with Crippen LogP contribution in [0.25, 0.3) is 0 Å². The molecule has 1 aromatic heterocycles. The van der Waals surface area contributed by atoms with Gasteiger partial charge in [-0.1, -0.05) is 6.07 Å². The predicted molar refractivity (Wildman–Crippen MR) is 96.2 cm³/mol. The molecule has 0 saturated carbocycles. The number of thiazole rings is 1. The van der Waals surface area contributed by atoms with Crippen LogP contribution in [0.5, 0.6) is 5.75 Å². The molecule has 1 fully saturated rings. The number of aliphatic hydroxyl groups is 1. The number of hydrogen-bond donors (Lipinski definition) is 1. The lowest BCUT2D eigenvalue weighted by Crippen LogP contribution is -2.52. The number of nitrogens with zero attached hydrogens (tertiary/aromatic N) is 3. The summed E-state index contributed by atoms with van der Waals surface area (Å²) in [5.74, 6) is 0.286. The van der Waals surface area contributed by atoms with Crippen molar-refractivity contribution < 1.29 is 14.2 Å². The minimum atomic E-state index is -0.243. The molecule has 2 heterocycles. The van der Waals surface area contributed by atoms with Crippen molar-refractivity contribution >= 4 is 11.3 Å². The van der Waals surface area contributed by atoms with Crippen molar-refractivity contribution in [1.29, 1.82) is 0 Å². The van der Waals surface area contributed by atoms with E-state index in [9.17, 15) is 9.50 Å². The minimum absolute atomic E-state index is 0.136. The van der Waals surface area contributed by atoms with E-state index in [0.29, 0.717) is 24.3 Å². The smallest absolute Gasteiger partial charge is 0.131 e. The van der Waals surface area contributed by atoms with Gasteiger partial charge in [-0.3, -0.25) is 9.80 Å². The molecule has 7 heteroatoms. The van der Waals surface area contributed by atoms with E-state index in [1.165, 1.54) is 13.2 Å². The molecule has 2 aromatic rings. The van der Waals surface area contributed by atoms with Gasteiger partial charge in [-0.25, -0.2) is 9.37 Å². The standard InChI is InChI=1S/C18H24FN3O2S/c1-24-16-3-2-14(17(19)10-16)11-22-7-6-21(12-15(22)4-8-23)13-18-20-5-9-25-18/h2-3,5,9-10,15,23H,4,6-8,11-13H2,1H3/t15-/m1/s1. The highest BCUT2D eigenvalue weighted by Gasteiger charge is 2.27. The van der Waals surface area contributed by atoms with Crippen LogP contribution >= 0.6 is 11.3 Å². The number of hydrogen-bond acceptors (Lipinski definition) is 6. The number of ether oxygens (including phenoxy) is 1. The van der Waals surface area contributed by atoms with Gasteiger partial charge in [0.1, 0.15) is 16.6 Å². The van der Waals surface area contributed by atoms with Crippen molar-refractivity contribution in [2.75, 3.05) is 33.4 Å². The van der Waals surface area contributed by atoms with Gasteiger partial charge in [0.05, 0.1) is 13.7 Å². The third-order valence-electron chi connectivity index (χ3n) is 4.63. The van der Waals surface area contributed by atoms with E-state index < -0.39 is 0 Å². The molecule has 0 aliphatic carbocycles. The van der Waals surface area contributed by atoms with E-state index in [2.05, 4.69) is 14.8 Å². The molecule has 1 aliphatic heterocycles. The fourth-order valence-corrected chi connectivity index (χ4v) is 3.91. The van der Waals surface area contributed by atoms with Gasteiger partial charge in [-0.05, 0) is 12.5 Å². The van der Waals surface area contributed by atoms with Crippen molar-refractivity contribution in [2.24, 2.45) is 0 Å². The van der Waals surface area contributed by atoms with Crippen molar-refractivity contribution in [3.05, 3.63) is 46.2 Å². The lowest BCUT2D eigenvalue weighted by Gasteiger charge is -2.41. The molecule has 1 atom stereocenters. The lowest BCUT2D eigenvalue weighted by molar-refractivity contribution is 0.0492. The largest absolute Gasteiger partial charge is 0.497 e. The summed E-state index contributed by atoms with van der Waals surface area (Å²) in [5, 5.41) is 12.5. The highest BCUT2D eigenvalue weighted by atomic mass is 32.1. The minimum Gasteiger partial charge on any atom is -0.497 e. The lowest BCUT2D eigenvalue weighted by atomic mass is 10.1. The van der Waals surface area contributed by atoms with Crippen LogP contribution in [0, 0.1) is 5.82 Å². The van der Waals surface area contributed by atoms with Crippen LogP contribution in [0.1, 0.15) is 17.0 Å². The second-order valence-electron chi connectivity index (χ2n) is 6.25. The summed E-state index contributed by atoms with van der Waals surface area (Å²) in [5.41, 5.74) is 0.664. The van der Waals surface area contributed by atoms with E-state index >= 15 is 0 Å². The Morgan fingerprint density at radius 1 is 1.36 bits per heavy atom. The van der Waals surface area contributed by atoms with Crippen molar-refractivity contribution in [3.63, 3.8) is 0 Å². The molecule has 0 bridgehead atoms. The Labute approximate surface area is 151 Å². The second-order valence-corrected chi connectivity index (χ2v) is 7.23. The van der Waals surface area contributed by atoms with Gasteiger partial charge in [0, 0.05) is 62.0 Å². The fourth-order valence-electron chi connectivity index (χ4n) is 3.26.